The van der Waals surface area contributed by atoms with Gasteiger partial charge >= 0.3 is 0 Å². The number of nitrogens with one attached hydrogen (secondary N) is 1. The highest BCUT2D eigenvalue weighted by Gasteiger charge is 2.19. The number of hydrogen-bond acceptors (Lipinski definition) is 4. The molecule has 1 fully saturated rings. The van der Waals surface area contributed by atoms with Gasteiger partial charge in [-0.2, -0.15) is 0 Å². The van der Waals surface area contributed by atoms with E-state index in [1.807, 2.05) is 5.41 Å². The van der Waals surface area contributed by atoms with Gasteiger partial charge in [0.05, 0.1) is 21.1 Å². The smallest absolute Gasteiger partial charge is 0.142 e. The van der Waals surface area contributed by atoms with E-state index in [1.54, 1.807) is 6.07 Å². The first-order chi connectivity index (χ1) is 12.0. The van der Waals surface area contributed by atoms with Crippen LogP contribution in [0, 0.1) is 11.7 Å². The number of hydrogen-bond donors (Lipinski definition) is 1. The van der Waals surface area contributed by atoms with Crippen LogP contribution in [0.5, 0.6) is 5.75 Å². The van der Waals surface area contributed by atoms with Crippen LogP contribution in [0.4, 0.5) is 4.39 Å². The first-order valence-electron chi connectivity index (χ1n) is 8.60. The van der Waals surface area contributed by atoms with Crippen molar-refractivity contribution in [2.24, 2.45) is 5.92 Å². The number of rotatable bonds is 9. The van der Waals surface area contributed by atoms with E-state index in [4.69, 9.17) is 16.3 Å². The molecule has 1 aromatic carbocycles. The summed E-state index contributed by atoms with van der Waals surface area (Å²) in [7, 11) is 0. The van der Waals surface area contributed by atoms with Crippen molar-refractivity contribution in [3.05, 3.63) is 46.1 Å². The van der Waals surface area contributed by atoms with Crippen LogP contribution >= 0.6 is 35.3 Å². The summed E-state index contributed by atoms with van der Waals surface area (Å²) < 4.78 is 23.2. The molecule has 0 bridgehead atoms. The fourth-order valence-electron chi connectivity index (χ4n) is 2.39. The van der Waals surface area contributed by atoms with Crippen molar-refractivity contribution in [1.29, 1.82) is 0 Å². The third-order valence-electron chi connectivity index (χ3n) is 4.12. The predicted octanol–water partition coefficient (Wildman–Crippen LogP) is 7.16. The molecule has 1 aliphatic rings. The van der Waals surface area contributed by atoms with Gasteiger partial charge in [-0.3, -0.25) is 0 Å². The van der Waals surface area contributed by atoms with Crippen LogP contribution in [0.25, 0.3) is 0 Å². The number of benzene rings is 1. The summed E-state index contributed by atoms with van der Waals surface area (Å²) in [5, 5.41) is 3.19. The lowest BCUT2D eigenvalue weighted by atomic mass is 10.1. The molecule has 0 spiro atoms. The summed E-state index contributed by atoms with van der Waals surface area (Å²) in [5.41, 5.74) is 0. The zero-order valence-corrected chi connectivity index (χ0v) is 17.1. The minimum Gasteiger partial charge on any atom is -0.489 e. The van der Waals surface area contributed by atoms with E-state index < -0.39 is 0 Å². The molecule has 0 aromatic heterocycles. The Kier molecular flexibility index (Phi) is 8.53. The fourth-order valence-corrected chi connectivity index (χ4v) is 4.05. The van der Waals surface area contributed by atoms with E-state index in [-0.39, 0.29) is 11.9 Å². The highest BCUT2D eigenvalue weighted by Crippen LogP contribution is 2.35. The van der Waals surface area contributed by atoms with Crippen molar-refractivity contribution >= 4 is 35.3 Å². The molecule has 1 aliphatic carbocycles. The SMILES string of the molecule is C=C(NSc1cc(Cl)c(OC2CCCC2)cc1F)S/C=C\C(C)CC. The Morgan fingerprint density at radius 1 is 1.48 bits per heavy atom. The second kappa shape index (κ2) is 10.4. The van der Waals surface area contributed by atoms with E-state index in [0.29, 0.717) is 21.6 Å². The minimum absolute atomic E-state index is 0.155. The van der Waals surface area contributed by atoms with Gasteiger partial charge in [-0.25, -0.2) is 4.39 Å². The maximum Gasteiger partial charge on any atom is 0.142 e. The molecule has 1 aromatic rings. The van der Waals surface area contributed by atoms with Crippen LogP contribution in [0.1, 0.15) is 46.0 Å². The van der Waals surface area contributed by atoms with Crippen LogP contribution in [0.3, 0.4) is 0 Å². The van der Waals surface area contributed by atoms with Gasteiger partial charge in [0.25, 0.3) is 0 Å². The predicted molar refractivity (Wildman–Crippen MR) is 109 cm³/mol. The molecule has 0 radical (unpaired) electrons. The first-order valence-corrected chi connectivity index (χ1v) is 10.7. The molecule has 1 atom stereocenters. The first kappa shape index (κ1) is 20.5. The maximum absolute atomic E-state index is 14.3. The Labute approximate surface area is 163 Å². The zero-order valence-electron chi connectivity index (χ0n) is 14.7. The summed E-state index contributed by atoms with van der Waals surface area (Å²) in [4.78, 5) is 0.427. The molecule has 0 aliphatic heterocycles. The summed E-state index contributed by atoms with van der Waals surface area (Å²) in [6.45, 7) is 8.24. The molecule has 1 unspecified atom stereocenters. The Hall–Kier alpha value is -0.780. The van der Waals surface area contributed by atoms with Crippen molar-refractivity contribution in [2.45, 2.75) is 57.0 Å². The molecule has 2 nitrogen and oxygen atoms in total. The highest BCUT2D eigenvalue weighted by atomic mass is 35.5. The lowest BCUT2D eigenvalue weighted by molar-refractivity contribution is 0.209. The Balaban J connectivity index is 1.88. The normalized spacial score (nSPS) is 16.3. The average molecular weight is 402 g/mol. The van der Waals surface area contributed by atoms with Crippen LogP contribution in [0.2, 0.25) is 5.02 Å². The van der Waals surface area contributed by atoms with Gasteiger partial charge in [0.15, 0.2) is 0 Å². The molecule has 0 amide bonds. The molecule has 0 heterocycles. The van der Waals surface area contributed by atoms with Crippen molar-refractivity contribution in [3.8, 4) is 5.75 Å². The number of ether oxygens (including phenoxy) is 1. The highest BCUT2D eigenvalue weighted by molar-refractivity contribution is 8.07. The van der Waals surface area contributed by atoms with Gasteiger partial charge in [0.2, 0.25) is 0 Å². The maximum atomic E-state index is 14.3. The molecule has 138 valence electrons. The van der Waals surface area contributed by atoms with Gasteiger partial charge in [-0.1, -0.05) is 56.3 Å². The lowest BCUT2D eigenvalue weighted by Crippen LogP contribution is -2.11. The Bertz CT molecular complexity index is 618. The van der Waals surface area contributed by atoms with Gasteiger partial charge in [0.1, 0.15) is 11.6 Å². The zero-order chi connectivity index (χ0) is 18.2. The van der Waals surface area contributed by atoms with E-state index in [9.17, 15) is 4.39 Å². The van der Waals surface area contributed by atoms with Crippen molar-refractivity contribution in [3.63, 3.8) is 0 Å². The molecule has 1 saturated carbocycles. The average Bonchev–Trinajstić information content (AvgIpc) is 3.09. The van der Waals surface area contributed by atoms with Crippen LogP contribution < -0.4 is 9.46 Å². The largest absolute Gasteiger partial charge is 0.489 e. The summed E-state index contributed by atoms with van der Waals surface area (Å²) in [6.07, 6.45) is 7.73. The third-order valence-corrected chi connectivity index (χ3v) is 6.10. The molecule has 2 rings (SSSR count). The van der Waals surface area contributed by atoms with E-state index in [1.165, 1.54) is 29.8 Å². The van der Waals surface area contributed by atoms with Gasteiger partial charge in [-0.15, -0.1) is 0 Å². The summed E-state index contributed by atoms with van der Waals surface area (Å²) in [5.74, 6) is 0.625. The monoisotopic (exact) mass is 401 g/mol. The van der Waals surface area contributed by atoms with Gasteiger partial charge in [0, 0.05) is 6.07 Å². The van der Waals surface area contributed by atoms with Crippen molar-refractivity contribution < 1.29 is 9.13 Å². The topological polar surface area (TPSA) is 21.3 Å². The summed E-state index contributed by atoms with van der Waals surface area (Å²) >= 11 is 8.91. The number of allylic oxidation sites excluding steroid dienone is 1. The minimum atomic E-state index is -0.345. The Morgan fingerprint density at radius 3 is 2.88 bits per heavy atom. The second-order valence-electron chi connectivity index (χ2n) is 6.20. The second-order valence-corrected chi connectivity index (χ2v) is 8.45. The number of halogens is 2. The Morgan fingerprint density at radius 2 is 2.20 bits per heavy atom. The molecule has 25 heavy (non-hydrogen) atoms. The molecule has 1 N–H and O–H groups in total. The van der Waals surface area contributed by atoms with E-state index >= 15 is 0 Å². The number of thioether (sulfide) groups is 1. The van der Waals surface area contributed by atoms with E-state index in [0.717, 1.165) is 37.1 Å². The van der Waals surface area contributed by atoms with Crippen molar-refractivity contribution in [2.75, 3.05) is 0 Å². The summed E-state index contributed by atoms with van der Waals surface area (Å²) in [6, 6.07) is 2.98. The van der Waals surface area contributed by atoms with Crippen LogP contribution in [-0.2, 0) is 0 Å². The van der Waals surface area contributed by atoms with Crippen molar-refractivity contribution in [1.82, 2.24) is 4.72 Å². The van der Waals surface area contributed by atoms with Crippen LogP contribution in [-0.4, -0.2) is 6.10 Å². The lowest BCUT2D eigenvalue weighted by Gasteiger charge is -2.15. The van der Waals surface area contributed by atoms with E-state index in [2.05, 4.69) is 31.2 Å². The van der Waals surface area contributed by atoms with Gasteiger partial charge in [-0.05, 0) is 55.0 Å². The standard InChI is InChI=1S/C19H25ClFNOS2/c1-4-13(2)9-10-24-14(3)22-25-19-11-16(20)18(12-17(19)21)23-15-7-5-6-8-15/h9-13,15,22H,3-8H2,1-2H3/b10-9-. The molecular weight excluding hydrogens is 377 g/mol. The third kappa shape index (κ3) is 6.80. The molecule has 0 saturated heterocycles. The quantitative estimate of drug-likeness (QED) is 0.443. The fraction of sp³-hybridized carbons (Fsp3) is 0.474. The molecule has 6 heteroatoms. The van der Waals surface area contributed by atoms with Crippen LogP contribution in [0.15, 0.2) is 40.1 Å². The van der Waals surface area contributed by atoms with Gasteiger partial charge < -0.3 is 9.46 Å². The molecular formula is C19H25ClFNOS2.